The highest BCUT2D eigenvalue weighted by Crippen LogP contribution is 2.31. The monoisotopic (exact) mass is 251 g/mol. The largest absolute Gasteiger partial charge is 0.496 e. The van der Waals surface area contributed by atoms with Crippen LogP contribution in [0, 0.1) is 11.7 Å². The number of rotatable bonds is 4. The van der Waals surface area contributed by atoms with Crippen molar-refractivity contribution < 1.29 is 22.3 Å². The summed E-state index contributed by atoms with van der Waals surface area (Å²) in [5, 5.41) is 0. The van der Waals surface area contributed by atoms with Crippen LogP contribution in [0.25, 0.3) is 0 Å². The van der Waals surface area contributed by atoms with Crippen molar-refractivity contribution in [1.82, 2.24) is 0 Å². The second-order valence-electron chi connectivity index (χ2n) is 3.63. The summed E-state index contributed by atoms with van der Waals surface area (Å²) in [6.45, 7) is -0.539. The summed E-state index contributed by atoms with van der Waals surface area (Å²) < 4.78 is 55.4. The zero-order valence-corrected chi connectivity index (χ0v) is 9.22. The minimum absolute atomic E-state index is 0.167. The van der Waals surface area contributed by atoms with E-state index in [9.17, 15) is 17.6 Å². The molecule has 0 spiro atoms. The molecule has 0 radical (unpaired) electrons. The van der Waals surface area contributed by atoms with E-state index in [1.165, 1.54) is 13.2 Å². The molecule has 0 fully saturated rings. The van der Waals surface area contributed by atoms with Gasteiger partial charge in [-0.3, -0.25) is 0 Å². The van der Waals surface area contributed by atoms with Crippen molar-refractivity contribution in [2.75, 3.05) is 13.7 Å². The summed E-state index contributed by atoms with van der Waals surface area (Å²) in [5.41, 5.74) is 5.25. The van der Waals surface area contributed by atoms with Gasteiger partial charge in [0.05, 0.1) is 13.0 Å². The fourth-order valence-corrected chi connectivity index (χ4v) is 1.50. The molecule has 0 amide bonds. The first-order valence-electron chi connectivity index (χ1n) is 4.97. The van der Waals surface area contributed by atoms with Crippen LogP contribution in [0.1, 0.15) is 5.56 Å². The van der Waals surface area contributed by atoms with Crippen LogP contribution >= 0.6 is 0 Å². The van der Waals surface area contributed by atoms with Crippen LogP contribution in [0.15, 0.2) is 18.2 Å². The zero-order chi connectivity index (χ0) is 13.1. The smallest absolute Gasteiger partial charge is 0.393 e. The lowest BCUT2D eigenvalue weighted by Crippen LogP contribution is -2.32. The van der Waals surface area contributed by atoms with Crippen molar-refractivity contribution >= 4 is 0 Å². The highest BCUT2D eigenvalue weighted by Gasteiger charge is 2.38. The molecule has 96 valence electrons. The van der Waals surface area contributed by atoms with Gasteiger partial charge in [-0.1, -0.05) is 0 Å². The Hall–Kier alpha value is -1.30. The van der Waals surface area contributed by atoms with Gasteiger partial charge in [-0.2, -0.15) is 13.2 Å². The van der Waals surface area contributed by atoms with Crippen molar-refractivity contribution in [3.63, 3.8) is 0 Å². The molecule has 1 unspecified atom stereocenters. The first kappa shape index (κ1) is 13.8. The molecule has 1 rings (SSSR count). The molecule has 0 saturated carbocycles. The third-order valence-corrected chi connectivity index (χ3v) is 2.46. The maximum Gasteiger partial charge on any atom is 0.393 e. The quantitative estimate of drug-likeness (QED) is 0.834. The number of ether oxygens (including phenoxy) is 1. The van der Waals surface area contributed by atoms with Crippen LogP contribution in [0.5, 0.6) is 5.75 Å². The maximum absolute atomic E-state index is 13.0. The molecule has 0 bridgehead atoms. The summed E-state index contributed by atoms with van der Waals surface area (Å²) in [6, 6.07) is 3.47. The first-order chi connectivity index (χ1) is 7.88. The zero-order valence-electron chi connectivity index (χ0n) is 9.22. The Morgan fingerprint density at radius 1 is 1.35 bits per heavy atom. The summed E-state index contributed by atoms with van der Waals surface area (Å²) in [6.07, 6.45) is -4.78. The average Bonchev–Trinajstić information content (AvgIpc) is 2.24. The Bertz CT molecular complexity index is 378. The number of hydrogen-bond donors (Lipinski definition) is 1. The molecule has 1 atom stereocenters. The van der Waals surface area contributed by atoms with E-state index < -0.39 is 24.5 Å². The van der Waals surface area contributed by atoms with Crippen molar-refractivity contribution in [1.29, 1.82) is 0 Å². The topological polar surface area (TPSA) is 35.2 Å². The molecule has 1 aromatic rings. The summed E-state index contributed by atoms with van der Waals surface area (Å²) >= 11 is 0. The highest BCUT2D eigenvalue weighted by molar-refractivity contribution is 5.34. The second kappa shape index (κ2) is 5.35. The number of hydrogen-bond acceptors (Lipinski definition) is 2. The standard InChI is InChI=1S/C11H13F4NO/c1-17-10-3-2-9(12)5-7(10)4-8(6-16)11(13,14)15/h2-3,5,8H,4,6,16H2,1H3. The molecule has 0 aliphatic carbocycles. The third-order valence-electron chi connectivity index (χ3n) is 2.46. The van der Waals surface area contributed by atoms with Gasteiger partial charge in [0.25, 0.3) is 0 Å². The van der Waals surface area contributed by atoms with Crippen LogP contribution in [0.2, 0.25) is 0 Å². The molecule has 2 nitrogen and oxygen atoms in total. The fourth-order valence-electron chi connectivity index (χ4n) is 1.50. The number of methoxy groups -OCH3 is 1. The minimum atomic E-state index is -4.40. The molecule has 0 saturated heterocycles. The van der Waals surface area contributed by atoms with E-state index in [1.54, 1.807) is 0 Å². The molecular weight excluding hydrogens is 238 g/mol. The average molecular weight is 251 g/mol. The fraction of sp³-hybridized carbons (Fsp3) is 0.455. The first-order valence-corrected chi connectivity index (χ1v) is 4.97. The van der Waals surface area contributed by atoms with Gasteiger partial charge in [-0.15, -0.1) is 0 Å². The lowest BCUT2D eigenvalue weighted by atomic mass is 9.98. The van der Waals surface area contributed by atoms with Gasteiger partial charge in [0.2, 0.25) is 0 Å². The van der Waals surface area contributed by atoms with Gasteiger partial charge in [-0.25, -0.2) is 4.39 Å². The SMILES string of the molecule is COc1ccc(F)cc1CC(CN)C(F)(F)F. The normalized spacial score (nSPS) is 13.5. The summed E-state index contributed by atoms with van der Waals surface area (Å²) in [7, 11) is 1.32. The van der Waals surface area contributed by atoms with E-state index >= 15 is 0 Å². The molecule has 0 aliphatic rings. The Kier molecular flexibility index (Phi) is 4.34. The number of halogens is 4. The van der Waals surface area contributed by atoms with Crippen LogP contribution in [0.3, 0.4) is 0 Å². The van der Waals surface area contributed by atoms with Crippen LogP contribution in [-0.4, -0.2) is 19.8 Å². The van der Waals surface area contributed by atoms with E-state index in [-0.39, 0.29) is 17.7 Å². The lowest BCUT2D eigenvalue weighted by molar-refractivity contribution is -0.171. The molecule has 1 aromatic carbocycles. The summed E-state index contributed by atoms with van der Waals surface area (Å²) in [5.74, 6) is -2.06. The van der Waals surface area contributed by atoms with Crippen molar-refractivity contribution in [2.24, 2.45) is 11.7 Å². The molecule has 0 aliphatic heterocycles. The van der Waals surface area contributed by atoms with E-state index in [2.05, 4.69) is 0 Å². The molecule has 17 heavy (non-hydrogen) atoms. The van der Waals surface area contributed by atoms with E-state index in [1.807, 2.05) is 0 Å². The highest BCUT2D eigenvalue weighted by atomic mass is 19.4. The van der Waals surface area contributed by atoms with E-state index in [4.69, 9.17) is 10.5 Å². The van der Waals surface area contributed by atoms with Gasteiger partial charge in [-0.05, 0) is 30.2 Å². The van der Waals surface area contributed by atoms with E-state index in [0.717, 1.165) is 12.1 Å². The van der Waals surface area contributed by atoms with Crippen LogP contribution in [0.4, 0.5) is 17.6 Å². The predicted molar refractivity (Wildman–Crippen MR) is 55.3 cm³/mol. The molecule has 0 heterocycles. The second-order valence-corrected chi connectivity index (χ2v) is 3.63. The molecule has 6 heteroatoms. The lowest BCUT2D eigenvalue weighted by Gasteiger charge is -2.19. The van der Waals surface area contributed by atoms with Gasteiger partial charge in [0, 0.05) is 6.54 Å². The Labute approximate surface area is 96.4 Å². The number of alkyl halides is 3. The maximum atomic E-state index is 13.0. The summed E-state index contributed by atoms with van der Waals surface area (Å²) in [4.78, 5) is 0. The third kappa shape index (κ3) is 3.59. The van der Waals surface area contributed by atoms with Gasteiger partial charge >= 0.3 is 6.18 Å². The Balaban J connectivity index is 2.96. The van der Waals surface area contributed by atoms with Crippen LogP contribution in [-0.2, 0) is 6.42 Å². The van der Waals surface area contributed by atoms with Crippen molar-refractivity contribution in [3.8, 4) is 5.75 Å². The van der Waals surface area contributed by atoms with Crippen molar-refractivity contribution in [2.45, 2.75) is 12.6 Å². The Morgan fingerprint density at radius 2 is 2.00 bits per heavy atom. The molecular formula is C11H13F4NO. The predicted octanol–water partition coefficient (Wildman–Crippen LogP) is 2.51. The molecule has 2 N–H and O–H groups in total. The van der Waals surface area contributed by atoms with Gasteiger partial charge in [0.1, 0.15) is 11.6 Å². The van der Waals surface area contributed by atoms with E-state index in [0.29, 0.717) is 0 Å². The van der Waals surface area contributed by atoms with Crippen LogP contribution < -0.4 is 10.5 Å². The van der Waals surface area contributed by atoms with Crippen molar-refractivity contribution in [3.05, 3.63) is 29.6 Å². The minimum Gasteiger partial charge on any atom is -0.496 e. The number of nitrogens with two attached hydrogens (primary N) is 1. The Morgan fingerprint density at radius 3 is 2.47 bits per heavy atom. The van der Waals surface area contributed by atoms with Gasteiger partial charge < -0.3 is 10.5 Å². The van der Waals surface area contributed by atoms with Gasteiger partial charge in [0.15, 0.2) is 0 Å². The molecule has 0 aromatic heterocycles. The number of benzene rings is 1.